The number of likely N-dealkylation sites (N-methyl/N-ethyl adjacent to an activating group) is 1. The molecule has 79 heavy (non-hydrogen) atoms. The fourth-order valence-electron chi connectivity index (χ4n) is 8.70. The lowest BCUT2D eigenvalue weighted by atomic mass is 10.0. The van der Waals surface area contributed by atoms with E-state index in [1.165, 1.54) is 96.3 Å². The van der Waals surface area contributed by atoms with Gasteiger partial charge in [-0.25, -0.2) is 4.57 Å². The van der Waals surface area contributed by atoms with E-state index in [1.54, 1.807) is 0 Å². The molecule has 0 heterocycles. The quantitative estimate of drug-likeness (QED) is 0.0243. The monoisotopic (exact) mass is 1120 g/mol. The molecule has 0 aromatic carbocycles. The van der Waals surface area contributed by atoms with Gasteiger partial charge < -0.3 is 19.8 Å². The van der Waals surface area contributed by atoms with E-state index in [-0.39, 0.29) is 19.1 Å². The van der Waals surface area contributed by atoms with Crippen LogP contribution in [0.1, 0.15) is 251 Å². The first-order valence-electron chi connectivity index (χ1n) is 32.0. The van der Waals surface area contributed by atoms with Crippen molar-refractivity contribution in [3.63, 3.8) is 0 Å². The molecule has 452 valence electrons. The molecule has 0 spiro atoms. The normalized spacial score (nSPS) is 14.7. The summed E-state index contributed by atoms with van der Waals surface area (Å²) in [6.45, 7) is 4.76. The largest absolute Gasteiger partial charge is 0.472 e. The van der Waals surface area contributed by atoms with Gasteiger partial charge in [0.1, 0.15) is 13.2 Å². The van der Waals surface area contributed by atoms with Gasteiger partial charge in [0.05, 0.1) is 39.9 Å². The molecule has 0 saturated heterocycles. The number of carbonyl (C=O) groups excluding carboxylic acids is 1. The predicted octanol–water partition coefficient (Wildman–Crippen LogP) is 20.3. The van der Waals surface area contributed by atoms with E-state index in [1.807, 2.05) is 21.1 Å². The third kappa shape index (κ3) is 62.1. The van der Waals surface area contributed by atoms with Crippen LogP contribution in [0, 0.1) is 0 Å². The first kappa shape index (κ1) is 75.6. The Kier molecular flexibility index (Phi) is 56.7. The van der Waals surface area contributed by atoms with Crippen LogP contribution in [0.4, 0.5) is 0 Å². The van der Waals surface area contributed by atoms with Crippen LogP contribution in [-0.4, -0.2) is 73.4 Å². The standard InChI is InChI=1S/C70H121N2O6P/c1-6-8-10-12-14-16-18-20-22-24-26-27-28-29-30-31-32-33-34-35-36-37-38-39-40-41-42-43-44-45-46-48-50-52-54-56-58-60-62-64-70(74)71-68(67-78-79(75,76)77-66-65-72(3,4)5)69(73)63-61-59-57-55-53-51-49-47-25-23-21-19-17-15-13-11-9-7-2/h8,10,14,16,20,22,26-27,29-30,32-33,35-36,38-39,41-42,44-45,48,50,68-69,73H,6-7,9,11-13,15,17-19,21,23-25,28,31,34,37,40,43,46-47,49,51-67H2,1-5H3,(H-,71,74,75,76)/p+1/b10-8-,16-14-,22-20-,27-26-,30-29-,33-32-,36-35-,39-38-,42-41-,45-44-,50-48-. The van der Waals surface area contributed by atoms with Crippen molar-refractivity contribution in [3.8, 4) is 0 Å². The summed E-state index contributed by atoms with van der Waals surface area (Å²) in [4.78, 5) is 23.4. The van der Waals surface area contributed by atoms with Crippen LogP contribution in [0.25, 0.3) is 0 Å². The average molecular weight is 1120 g/mol. The molecule has 0 radical (unpaired) electrons. The highest BCUT2D eigenvalue weighted by molar-refractivity contribution is 7.47. The van der Waals surface area contributed by atoms with Gasteiger partial charge in [0.2, 0.25) is 5.91 Å². The summed E-state index contributed by atoms with van der Waals surface area (Å²) in [5.74, 6) is -0.167. The average Bonchev–Trinajstić information content (AvgIpc) is 3.42. The number of hydrogen-bond donors (Lipinski definition) is 3. The number of nitrogens with zero attached hydrogens (tertiary/aromatic N) is 1. The topological polar surface area (TPSA) is 105 Å². The zero-order valence-corrected chi connectivity index (χ0v) is 52.5. The van der Waals surface area contributed by atoms with E-state index in [0.717, 1.165) is 128 Å². The summed E-state index contributed by atoms with van der Waals surface area (Å²) >= 11 is 0. The predicted molar refractivity (Wildman–Crippen MR) is 345 cm³/mol. The highest BCUT2D eigenvalue weighted by Gasteiger charge is 2.28. The summed E-state index contributed by atoms with van der Waals surface area (Å²) in [7, 11) is 1.59. The smallest absolute Gasteiger partial charge is 0.391 e. The number of carbonyl (C=O) groups is 1. The van der Waals surface area contributed by atoms with E-state index >= 15 is 0 Å². The zero-order valence-electron chi connectivity index (χ0n) is 51.6. The van der Waals surface area contributed by atoms with Crippen molar-refractivity contribution in [1.82, 2.24) is 5.32 Å². The van der Waals surface area contributed by atoms with Crippen LogP contribution in [0.3, 0.4) is 0 Å². The number of hydrogen-bond acceptors (Lipinski definition) is 5. The molecule has 0 aliphatic carbocycles. The number of quaternary nitrogens is 1. The Morgan fingerprint density at radius 3 is 1.11 bits per heavy atom. The Balaban J connectivity index is 4.18. The van der Waals surface area contributed by atoms with Gasteiger partial charge in [-0.05, 0) is 96.3 Å². The molecule has 3 atom stereocenters. The van der Waals surface area contributed by atoms with Crippen molar-refractivity contribution in [1.29, 1.82) is 0 Å². The Bertz CT molecular complexity index is 1750. The fourth-order valence-corrected chi connectivity index (χ4v) is 9.43. The summed E-state index contributed by atoms with van der Waals surface area (Å²) in [5, 5.41) is 14.1. The Labute approximate surface area is 487 Å². The number of unbranched alkanes of at least 4 members (excludes halogenated alkanes) is 22. The fraction of sp³-hybridized carbons (Fsp3) is 0.671. The van der Waals surface area contributed by atoms with Gasteiger partial charge in [0.15, 0.2) is 0 Å². The maximum Gasteiger partial charge on any atom is 0.472 e. The number of aliphatic hydroxyl groups excluding tert-OH is 1. The number of phosphoric ester groups is 1. The minimum absolute atomic E-state index is 0.0641. The maximum absolute atomic E-state index is 13.0. The highest BCUT2D eigenvalue weighted by Crippen LogP contribution is 2.43. The van der Waals surface area contributed by atoms with Crippen LogP contribution in [0.2, 0.25) is 0 Å². The number of phosphoric acid groups is 1. The molecule has 0 rings (SSSR count). The van der Waals surface area contributed by atoms with Crippen LogP contribution in [-0.2, 0) is 18.4 Å². The Hall–Kier alpha value is -3.36. The SMILES string of the molecule is CC/C=C\C/C=C\C/C=C\C/C=C\C/C=C\C/C=C\C/C=C\C/C=C\C/C=C\C/C=C\C/C=C\CCCCCCCC(=O)NC(COP(=O)(O)OCC[N+](C)(C)C)C(O)CCCCCCCCCCCCCCCCCCCC. The van der Waals surface area contributed by atoms with Crippen LogP contribution in [0.15, 0.2) is 134 Å². The van der Waals surface area contributed by atoms with Crippen molar-refractivity contribution in [2.24, 2.45) is 0 Å². The first-order chi connectivity index (χ1) is 38.5. The minimum atomic E-state index is -4.34. The Morgan fingerprint density at radius 1 is 0.443 bits per heavy atom. The van der Waals surface area contributed by atoms with E-state index in [2.05, 4.69) is 153 Å². The molecular weight excluding hydrogens is 996 g/mol. The van der Waals surface area contributed by atoms with Gasteiger partial charge in [0.25, 0.3) is 0 Å². The van der Waals surface area contributed by atoms with Gasteiger partial charge in [-0.15, -0.1) is 0 Å². The summed E-state index contributed by atoms with van der Waals surface area (Å²) in [5.41, 5.74) is 0. The van der Waals surface area contributed by atoms with Gasteiger partial charge in [-0.1, -0.05) is 282 Å². The molecule has 0 aliphatic heterocycles. The van der Waals surface area contributed by atoms with Gasteiger partial charge in [0, 0.05) is 6.42 Å². The van der Waals surface area contributed by atoms with Gasteiger partial charge >= 0.3 is 7.82 Å². The van der Waals surface area contributed by atoms with Crippen LogP contribution >= 0.6 is 7.82 Å². The zero-order chi connectivity index (χ0) is 57.7. The van der Waals surface area contributed by atoms with Gasteiger partial charge in [-0.3, -0.25) is 13.8 Å². The maximum atomic E-state index is 13.0. The van der Waals surface area contributed by atoms with Crippen molar-refractivity contribution in [2.75, 3.05) is 40.9 Å². The first-order valence-corrected chi connectivity index (χ1v) is 33.5. The number of rotatable bonds is 57. The highest BCUT2D eigenvalue weighted by atomic mass is 31.2. The number of aliphatic hydroxyl groups is 1. The molecule has 8 nitrogen and oxygen atoms in total. The molecule has 0 aliphatic rings. The molecule has 0 aromatic rings. The van der Waals surface area contributed by atoms with E-state index in [0.29, 0.717) is 23.9 Å². The van der Waals surface area contributed by atoms with Crippen LogP contribution < -0.4 is 5.32 Å². The second kappa shape index (κ2) is 59.3. The molecule has 0 fully saturated rings. The molecule has 9 heteroatoms. The molecule has 3 unspecified atom stereocenters. The third-order valence-corrected chi connectivity index (χ3v) is 14.6. The lowest BCUT2D eigenvalue weighted by molar-refractivity contribution is -0.870. The molecule has 1 amide bonds. The van der Waals surface area contributed by atoms with Crippen molar-refractivity contribution in [2.45, 2.75) is 264 Å². The lowest BCUT2D eigenvalue weighted by Gasteiger charge is -2.26. The molecule has 0 bridgehead atoms. The van der Waals surface area contributed by atoms with Crippen molar-refractivity contribution < 1.29 is 32.9 Å². The molecular formula is C70H122N2O6P+. The number of nitrogens with one attached hydrogen (secondary N) is 1. The summed E-state index contributed by atoms with van der Waals surface area (Å²) in [6.07, 6.45) is 89.5. The minimum Gasteiger partial charge on any atom is -0.391 e. The van der Waals surface area contributed by atoms with Crippen LogP contribution in [0.5, 0.6) is 0 Å². The van der Waals surface area contributed by atoms with Crippen molar-refractivity contribution >= 4 is 13.7 Å². The van der Waals surface area contributed by atoms with E-state index < -0.39 is 20.0 Å². The molecule has 3 N–H and O–H groups in total. The molecule has 0 saturated carbocycles. The number of amides is 1. The number of allylic oxidation sites excluding steroid dienone is 22. The summed E-state index contributed by atoms with van der Waals surface area (Å²) < 4.78 is 23.8. The van der Waals surface area contributed by atoms with Crippen molar-refractivity contribution in [3.05, 3.63) is 134 Å². The van der Waals surface area contributed by atoms with E-state index in [9.17, 15) is 19.4 Å². The second-order valence-electron chi connectivity index (χ2n) is 22.4. The lowest BCUT2D eigenvalue weighted by Crippen LogP contribution is -2.46. The summed E-state index contributed by atoms with van der Waals surface area (Å²) in [6, 6.07) is -0.781. The van der Waals surface area contributed by atoms with E-state index in [4.69, 9.17) is 9.05 Å². The Morgan fingerprint density at radius 2 is 0.759 bits per heavy atom. The van der Waals surface area contributed by atoms with Gasteiger partial charge in [-0.2, -0.15) is 0 Å². The third-order valence-electron chi connectivity index (χ3n) is 13.7. The second-order valence-corrected chi connectivity index (χ2v) is 23.9. The molecule has 0 aromatic heterocycles.